The second kappa shape index (κ2) is 7.27. The molecule has 7 nitrogen and oxygen atoms in total. The summed E-state index contributed by atoms with van der Waals surface area (Å²) in [5.41, 5.74) is 9.35. The SMILES string of the molecule is CCN(CC)CCNc1ccnc2[nH]cc(-c3ccnc(N)n3)c12. The third kappa shape index (κ3) is 3.30. The Kier molecular flexibility index (Phi) is 4.90. The summed E-state index contributed by atoms with van der Waals surface area (Å²) in [5, 5.41) is 4.54. The first kappa shape index (κ1) is 16.2. The Morgan fingerprint density at radius 2 is 1.96 bits per heavy atom. The van der Waals surface area contributed by atoms with Crippen LogP contribution in [0.2, 0.25) is 0 Å². The molecule has 0 atom stereocenters. The van der Waals surface area contributed by atoms with Crippen molar-refractivity contribution < 1.29 is 0 Å². The van der Waals surface area contributed by atoms with Gasteiger partial charge in [0.2, 0.25) is 5.95 Å². The van der Waals surface area contributed by atoms with Crippen molar-refractivity contribution in [1.29, 1.82) is 0 Å². The molecule has 24 heavy (non-hydrogen) atoms. The molecular weight excluding hydrogens is 302 g/mol. The molecule has 0 aliphatic carbocycles. The third-order valence-electron chi connectivity index (χ3n) is 4.16. The highest BCUT2D eigenvalue weighted by Crippen LogP contribution is 2.31. The highest BCUT2D eigenvalue weighted by atomic mass is 15.1. The van der Waals surface area contributed by atoms with E-state index in [1.165, 1.54) is 0 Å². The van der Waals surface area contributed by atoms with Crippen LogP contribution >= 0.6 is 0 Å². The van der Waals surface area contributed by atoms with E-state index in [4.69, 9.17) is 5.73 Å². The van der Waals surface area contributed by atoms with Gasteiger partial charge in [-0.05, 0) is 25.2 Å². The Labute approximate surface area is 141 Å². The predicted molar refractivity (Wildman–Crippen MR) is 97.8 cm³/mol. The van der Waals surface area contributed by atoms with Crippen LogP contribution in [0.3, 0.4) is 0 Å². The largest absolute Gasteiger partial charge is 0.383 e. The van der Waals surface area contributed by atoms with Gasteiger partial charge in [-0.25, -0.2) is 15.0 Å². The van der Waals surface area contributed by atoms with Gasteiger partial charge in [0, 0.05) is 42.9 Å². The lowest BCUT2D eigenvalue weighted by Crippen LogP contribution is -2.28. The van der Waals surface area contributed by atoms with Crippen molar-refractivity contribution in [1.82, 2.24) is 24.8 Å². The van der Waals surface area contributed by atoms with Gasteiger partial charge in [-0.15, -0.1) is 0 Å². The van der Waals surface area contributed by atoms with Gasteiger partial charge in [0.25, 0.3) is 0 Å². The van der Waals surface area contributed by atoms with Crippen molar-refractivity contribution >= 4 is 22.7 Å². The molecule has 0 aromatic carbocycles. The van der Waals surface area contributed by atoms with E-state index in [2.05, 4.69) is 44.0 Å². The Morgan fingerprint density at radius 1 is 1.17 bits per heavy atom. The topological polar surface area (TPSA) is 95.8 Å². The van der Waals surface area contributed by atoms with Crippen molar-refractivity contribution in [2.24, 2.45) is 0 Å². The fraction of sp³-hybridized carbons (Fsp3) is 0.353. The molecular formula is C17H23N7. The van der Waals surface area contributed by atoms with Crippen molar-refractivity contribution in [2.75, 3.05) is 37.2 Å². The van der Waals surface area contributed by atoms with E-state index in [0.717, 1.165) is 54.2 Å². The van der Waals surface area contributed by atoms with Gasteiger partial charge in [-0.3, -0.25) is 0 Å². The van der Waals surface area contributed by atoms with Crippen LogP contribution in [-0.2, 0) is 0 Å². The summed E-state index contributed by atoms with van der Waals surface area (Å²) in [6, 6.07) is 3.85. The number of rotatable bonds is 7. The van der Waals surface area contributed by atoms with Gasteiger partial charge in [0.1, 0.15) is 5.65 Å². The maximum absolute atomic E-state index is 5.72. The number of aromatic amines is 1. The molecule has 0 aliphatic rings. The average Bonchev–Trinajstić information content (AvgIpc) is 3.04. The lowest BCUT2D eigenvalue weighted by atomic mass is 10.1. The molecule has 0 amide bonds. The fourth-order valence-corrected chi connectivity index (χ4v) is 2.82. The molecule has 0 radical (unpaired) electrons. The minimum Gasteiger partial charge on any atom is -0.383 e. The number of hydrogen-bond acceptors (Lipinski definition) is 6. The van der Waals surface area contributed by atoms with Crippen LogP contribution in [0.25, 0.3) is 22.3 Å². The van der Waals surface area contributed by atoms with E-state index in [1.54, 1.807) is 12.4 Å². The van der Waals surface area contributed by atoms with Crippen LogP contribution in [0.1, 0.15) is 13.8 Å². The van der Waals surface area contributed by atoms with Crippen LogP contribution < -0.4 is 11.1 Å². The third-order valence-corrected chi connectivity index (χ3v) is 4.16. The molecule has 0 saturated carbocycles. The Balaban J connectivity index is 1.90. The molecule has 0 spiro atoms. The van der Waals surface area contributed by atoms with Crippen LogP contribution in [0, 0.1) is 0 Å². The minimum atomic E-state index is 0.266. The molecule has 3 rings (SSSR count). The number of fused-ring (bicyclic) bond motifs is 1. The number of aromatic nitrogens is 4. The summed E-state index contributed by atoms with van der Waals surface area (Å²) in [7, 11) is 0. The van der Waals surface area contributed by atoms with Gasteiger partial charge < -0.3 is 20.9 Å². The first-order valence-electron chi connectivity index (χ1n) is 8.24. The number of anilines is 2. The second-order valence-electron chi connectivity index (χ2n) is 5.54. The lowest BCUT2D eigenvalue weighted by Gasteiger charge is -2.18. The van der Waals surface area contributed by atoms with E-state index in [-0.39, 0.29) is 5.95 Å². The number of H-pyrrole nitrogens is 1. The number of nitrogens with zero attached hydrogens (tertiary/aromatic N) is 4. The summed E-state index contributed by atoms with van der Waals surface area (Å²) < 4.78 is 0. The fourth-order valence-electron chi connectivity index (χ4n) is 2.82. The maximum atomic E-state index is 5.72. The molecule has 0 fully saturated rings. The lowest BCUT2D eigenvalue weighted by molar-refractivity contribution is 0.316. The van der Waals surface area contributed by atoms with Gasteiger partial charge in [0.05, 0.1) is 11.1 Å². The zero-order chi connectivity index (χ0) is 16.9. The van der Waals surface area contributed by atoms with Crippen molar-refractivity contribution in [3.05, 3.63) is 30.7 Å². The molecule has 0 aliphatic heterocycles. The van der Waals surface area contributed by atoms with E-state index in [1.807, 2.05) is 18.3 Å². The van der Waals surface area contributed by atoms with Crippen molar-refractivity contribution in [2.45, 2.75) is 13.8 Å². The van der Waals surface area contributed by atoms with E-state index < -0.39 is 0 Å². The predicted octanol–water partition coefficient (Wildman–Crippen LogP) is 2.36. The molecule has 4 N–H and O–H groups in total. The smallest absolute Gasteiger partial charge is 0.220 e. The van der Waals surface area contributed by atoms with Crippen LogP contribution in [0.15, 0.2) is 30.7 Å². The average molecular weight is 325 g/mol. The van der Waals surface area contributed by atoms with Crippen molar-refractivity contribution in [3.8, 4) is 11.3 Å². The number of nitrogens with one attached hydrogen (secondary N) is 2. The maximum Gasteiger partial charge on any atom is 0.220 e. The van der Waals surface area contributed by atoms with Crippen molar-refractivity contribution in [3.63, 3.8) is 0 Å². The second-order valence-corrected chi connectivity index (χ2v) is 5.54. The summed E-state index contributed by atoms with van der Waals surface area (Å²) in [6.07, 6.45) is 5.38. The number of nitrogen functional groups attached to an aromatic ring is 1. The molecule has 3 aromatic rings. The molecule has 0 unspecified atom stereocenters. The molecule has 7 heteroatoms. The number of pyridine rings is 1. The Morgan fingerprint density at radius 3 is 2.71 bits per heavy atom. The zero-order valence-corrected chi connectivity index (χ0v) is 14.1. The summed E-state index contributed by atoms with van der Waals surface area (Å²) in [6.45, 7) is 8.34. The van der Waals surface area contributed by atoms with Gasteiger partial charge in [0.15, 0.2) is 0 Å². The van der Waals surface area contributed by atoms with E-state index >= 15 is 0 Å². The normalized spacial score (nSPS) is 11.3. The highest BCUT2D eigenvalue weighted by molar-refractivity contribution is 6.01. The van der Waals surface area contributed by atoms with E-state index in [9.17, 15) is 0 Å². The highest BCUT2D eigenvalue weighted by Gasteiger charge is 2.13. The van der Waals surface area contributed by atoms with E-state index in [0.29, 0.717) is 0 Å². The quantitative estimate of drug-likeness (QED) is 0.617. The Hall–Kier alpha value is -2.67. The van der Waals surface area contributed by atoms with Gasteiger partial charge >= 0.3 is 0 Å². The van der Waals surface area contributed by atoms with Gasteiger partial charge in [-0.1, -0.05) is 13.8 Å². The summed E-state index contributed by atoms with van der Waals surface area (Å²) in [5.74, 6) is 0.266. The Bertz CT molecular complexity index is 808. The first-order valence-corrected chi connectivity index (χ1v) is 8.24. The number of nitrogens with two attached hydrogens (primary N) is 1. The van der Waals surface area contributed by atoms with Crippen LogP contribution in [-0.4, -0.2) is 51.0 Å². The van der Waals surface area contributed by atoms with Crippen LogP contribution in [0.5, 0.6) is 0 Å². The molecule has 0 bridgehead atoms. The molecule has 0 saturated heterocycles. The molecule has 3 aromatic heterocycles. The minimum absolute atomic E-state index is 0.266. The molecule has 3 heterocycles. The number of hydrogen-bond donors (Lipinski definition) is 3. The van der Waals surface area contributed by atoms with Crippen LogP contribution in [0.4, 0.5) is 11.6 Å². The number of likely N-dealkylation sites (N-methyl/N-ethyl adjacent to an activating group) is 1. The summed E-state index contributed by atoms with van der Waals surface area (Å²) >= 11 is 0. The van der Waals surface area contributed by atoms with Gasteiger partial charge in [-0.2, -0.15) is 0 Å². The zero-order valence-electron chi connectivity index (χ0n) is 14.1. The summed E-state index contributed by atoms with van der Waals surface area (Å²) in [4.78, 5) is 18.3. The first-order chi connectivity index (χ1) is 11.7. The standard InChI is InChI=1S/C17H23N7/c1-3-24(4-2)10-9-19-14-6-7-20-16-15(14)12(11-22-16)13-5-8-21-17(18)23-13/h5-8,11H,3-4,9-10H2,1-2H3,(H2,18,21,23)(H2,19,20,22). The molecule has 126 valence electrons. The monoisotopic (exact) mass is 325 g/mol.